The Balaban J connectivity index is -0.0000000873. The molecule has 0 aliphatic heterocycles. The van der Waals surface area contributed by atoms with E-state index in [1.807, 2.05) is 0 Å². The summed E-state index contributed by atoms with van der Waals surface area (Å²) < 4.78 is 0. The van der Waals surface area contributed by atoms with Gasteiger partial charge in [0.15, 0.2) is 0 Å². The van der Waals surface area contributed by atoms with Crippen molar-refractivity contribution < 1.29 is 20.4 Å². The van der Waals surface area contributed by atoms with E-state index < -0.39 is 0 Å². The van der Waals surface area contributed by atoms with Crippen molar-refractivity contribution in [2.24, 2.45) is 0 Å². The molecule has 0 rings (SSSR count). The Bertz CT molecular complexity index is 140. The van der Waals surface area contributed by atoms with Crippen LogP contribution in [0.3, 0.4) is 0 Å². The first-order valence-electron chi connectivity index (χ1n) is 12.1. The van der Waals surface area contributed by atoms with Crippen molar-refractivity contribution in [1.29, 1.82) is 0 Å². The number of unbranched alkanes of at least 4 members (excludes halogenated alkanes) is 12. The normalized spacial score (nSPS) is 9.10. The molecule has 4 N–H and O–H groups in total. The van der Waals surface area contributed by atoms with Crippen molar-refractivity contribution >= 4 is 17.6 Å². The number of hydrogen-bond donors (Lipinski definition) is 4. The van der Waals surface area contributed by atoms with Crippen molar-refractivity contribution in [3.05, 3.63) is 0 Å². The van der Waals surface area contributed by atoms with Gasteiger partial charge in [-0.05, 0) is 25.7 Å². The van der Waals surface area contributed by atoms with E-state index in [2.05, 4.69) is 27.7 Å². The summed E-state index contributed by atoms with van der Waals surface area (Å²) in [5.41, 5.74) is 0. The predicted molar refractivity (Wildman–Crippen MR) is 136 cm³/mol. The van der Waals surface area contributed by atoms with E-state index in [1.54, 1.807) is 0 Å². The van der Waals surface area contributed by atoms with Gasteiger partial charge in [-0.3, -0.25) is 0 Å². The van der Waals surface area contributed by atoms with Gasteiger partial charge in [0.1, 0.15) is 0 Å². The fraction of sp³-hybridized carbons (Fsp3) is 1.00. The molecule has 0 fully saturated rings. The molecule has 0 saturated carbocycles. The molecule has 0 aromatic carbocycles. The Morgan fingerprint density at radius 3 is 0.586 bits per heavy atom. The van der Waals surface area contributed by atoms with Crippen molar-refractivity contribution in [3.63, 3.8) is 0 Å². The van der Waals surface area contributed by atoms with Crippen LogP contribution in [0.2, 0.25) is 0 Å². The van der Waals surface area contributed by atoms with Crippen molar-refractivity contribution in [2.45, 2.75) is 130 Å². The molecular formula is C24H60GeO4. The fourth-order valence-corrected chi connectivity index (χ4v) is 2.15. The Morgan fingerprint density at radius 2 is 0.483 bits per heavy atom. The van der Waals surface area contributed by atoms with Crippen LogP contribution in [0, 0.1) is 0 Å². The second-order valence-corrected chi connectivity index (χ2v) is 7.14. The first kappa shape index (κ1) is 39.8. The maximum atomic E-state index is 8.29. The minimum atomic E-state index is 0. The second kappa shape index (κ2) is 51.2. The van der Waals surface area contributed by atoms with Gasteiger partial charge in [0.2, 0.25) is 0 Å². The molecular weight excluding hydrogens is 425 g/mol. The summed E-state index contributed by atoms with van der Waals surface area (Å²) in [5.74, 6) is 0. The van der Waals surface area contributed by atoms with Gasteiger partial charge >= 0.3 is 17.6 Å². The molecule has 0 bridgehead atoms. The standard InChI is InChI=1S/4C6H14O.GeH4/c4*1-2-3-4-5-6-7;/h4*7H,2-6H2,1H3;1H4. The summed E-state index contributed by atoms with van der Waals surface area (Å²) in [6.07, 6.45) is 18.7. The van der Waals surface area contributed by atoms with Crippen LogP contribution in [0.25, 0.3) is 0 Å². The van der Waals surface area contributed by atoms with Crippen LogP contribution in [-0.2, 0) is 0 Å². The molecule has 0 heterocycles. The Labute approximate surface area is 194 Å². The summed E-state index contributed by atoms with van der Waals surface area (Å²) in [6, 6.07) is 0. The molecule has 0 amide bonds. The van der Waals surface area contributed by atoms with Gasteiger partial charge < -0.3 is 20.4 Å². The molecule has 0 unspecified atom stereocenters. The van der Waals surface area contributed by atoms with Crippen LogP contribution in [-0.4, -0.2) is 64.5 Å². The molecule has 0 spiro atoms. The van der Waals surface area contributed by atoms with Crippen LogP contribution >= 0.6 is 0 Å². The number of rotatable bonds is 16. The Kier molecular flexibility index (Phi) is 70.3. The zero-order valence-corrected chi connectivity index (χ0v) is 19.9. The number of hydrogen-bond acceptors (Lipinski definition) is 4. The van der Waals surface area contributed by atoms with Crippen LogP contribution in [0.15, 0.2) is 0 Å². The van der Waals surface area contributed by atoms with Gasteiger partial charge in [0.25, 0.3) is 0 Å². The van der Waals surface area contributed by atoms with E-state index in [-0.39, 0.29) is 17.6 Å². The molecule has 5 heteroatoms. The van der Waals surface area contributed by atoms with Gasteiger partial charge in [-0.1, -0.05) is 105 Å². The van der Waals surface area contributed by atoms with Crippen LogP contribution in [0.4, 0.5) is 0 Å². The Morgan fingerprint density at radius 1 is 0.310 bits per heavy atom. The fourth-order valence-electron chi connectivity index (χ4n) is 2.15. The van der Waals surface area contributed by atoms with E-state index in [1.165, 1.54) is 77.0 Å². The van der Waals surface area contributed by atoms with Gasteiger partial charge in [-0.25, -0.2) is 0 Å². The molecule has 0 aromatic heterocycles. The molecule has 0 saturated heterocycles. The quantitative estimate of drug-likeness (QED) is 0.187. The summed E-state index contributed by atoms with van der Waals surface area (Å²) in [5, 5.41) is 33.2. The topological polar surface area (TPSA) is 80.9 Å². The molecule has 4 nitrogen and oxygen atoms in total. The van der Waals surface area contributed by atoms with E-state index in [4.69, 9.17) is 20.4 Å². The van der Waals surface area contributed by atoms with Crippen LogP contribution in [0.5, 0.6) is 0 Å². The van der Waals surface area contributed by atoms with Gasteiger partial charge in [0.05, 0.1) is 0 Å². The van der Waals surface area contributed by atoms with Crippen molar-refractivity contribution in [2.75, 3.05) is 26.4 Å². The summed E-state index contributed by atoms with van der Waals surface area (Å²) in [7, 11) is 0. The van der Waals surface area contributed by atoms with Crippen LogP contribution in [0.1, 0.15) is 130 Å². The minimum absolute atomic E-state index is 0. The van der Waals surface area contributed by atoms with E-state index >= 15 is 0 Å². The monoisotopic (exact) mass is 486 g/mol. The Hall–Kier alpha value is 0.383. The van der Waals surface area contributed by atoms with Gasteiger partial charge in [0, 0.05) is 26.4 Å². The van der Waals surface area contributed by atoms with Crippen molar-refractivity contribution in [3.8, 4) is 0 Å². The summed E-state index contributed by atoms with van der Waals surface area (Å²) in [6.45, 7) is 10.1. The van der Waals surface area contributed by atoms with E-state index in [0.717, 1.165) is 25.7 Å². The molecule has 0 aromatic rings. The van der Waals surface area contributed by atoms with Gasteiger partial charge in [-0.2, -0.15) is 0 Å². The average Bonchev–Trinajstić information content (AvgIpc) is 2.71. The van der Waals surface area contributed by atoms with Gasteiger partial charge in [-0.15, -0.1) is 0 Å². The molecule has 184 valence electrons. The summed E-state index contributed by atoms with van der Waals surface area (Å²) in [4.78, 5) is 0. The zero-order chi connectivity index (χ0) is 22.1. The first-order valence-corrected chi connectivity index (χ1v) is 12.1. The third-order valence-electron chi connectivity index (χ3n) is 4.05. The molecule has 0 aliphatic rings. The number of aliphatic hydroxyl groups is 4. The molecule has 29 heavy (non-hydrogen) atoms. The zero-order valence-electron chi connectivity index (χ0n) is 19.9. The third-order valence-corrected chi connectivity index (χ3v) is 4.05. The van der Waals surface area contributed by atoms with Crippen LogP contribution < -0.4 is 0 Å². The summed E-state index contributed by atoms with van der Waals surface area (Å²) >= 11 is 0. The first-order chi connectivity index (χ1) is 13.7. The van der Waals surface area contributed by atoms with E-state index in [0.29, 0.717) is 26.4 Å². The number of aliphatic hydroxyl groups excluding tert-OH is 4. The third kappa shape index (κ3) is 73.6. The SMILES string of the molecule is CCCCCCO.CCCCCCO.CCCCCCO.CCCCCCO.[GeH4]. The molecule has 0 atom stereocenters. The predicted octanol–water partition coefficient (Wildman–Crippen LogP) is 4.78. The second-order valence-electron chi connectivity index (χ2n) is 7.14. The maximum absolute atomic E-state index is 8.29. The molecule has 0 aliphatic carbocycles. The van der Waals surface area contributed by atoms with E-state index in [9.17, 15) is 0 Å². The average molecular weight is 485 g/mol. The van der Waals surface area contributed by atoms with Crippen molar-refractivity contribution in [1.82, 2.24) is 0 Å². The molecule has 0 radical (unpaired) electrons.